The van der Waals surface area contributed by atoms with E-state index >= 15 is 0 Å². The molecule has 0 saturated heterocycles. The van der Waals surface area contributed by atoms with Gasteiger partial charge in [0.05, 0.1) is 36.3 Å². The molecule has 0 saturated carbocycles. The molecule has 6 rings (SSSR count). The second-order valence-electron chi connectivity index (χ2n) is 8.09. The van der Waals surface area contributed by atoms with E-state index in [2.05, 4.69) is 25.2 Å². The Morgan fingerprint density at radius 3 is 2.75 bits per heavy atom. The van der Waals surface area contributed by atoms with Gasteiger partial charge in [0.25, 0.3) is 0 Å². The number of hydrogen-bond acceptors (Lipinski definition) is 7. The van der Waals surface area contributed by atoms with Gasteiger partial charge in [-0.05, 0) is 42.5 Å². The molecule has 2 aromatic carbocycles. The third-order valence-electron chi connectivity index (χ3n) is 5.61. The number of hydrogen-bond donors (Lipinski definition) is 1. The Labute approximate surface area is 203 Å². The van der Waals surface area contributed by atoms with E-state index in [9.17, 15) is 8.78 Å². The van der Waals surface area contributed by atoms with E-state index in [1.807, 2.05) is 42.5 Å². The minimum Gasteiger partial charge on any atom is -0.439 e. The topological polar surface area (TPSA) is 92.4 Å². The van der Waals surface area contributed by atoms with Crippen LogP contribution in [0.15, 0.2) is 82.6 Å². The predicted octanol–water partition coefficient (Wildman–Crippen LogP) is 5.55. The van der Waals surface area contributed by atoms with Gasteiger partial charge in [-0.2, -0.15) is 5.10 Å². The first-order valence-corrected chi connectivity index (χ1v) is 11.1. The van der Waals surface area contributed by atoms with Crippen LogP contribution in [0.25, 0.3) is 22.6 Å². The third-order valence-corrected chi connectivity index (χ3v) is 5.61. The number of ether oxygens (including phenoxy) is 1. The maximum Gasteiger partial charge on any atom is 0.219 e. The average molecular weight is 484 g/mol. The first kappa shape index (κ1) is 21.7. The smallest absolute Gasteiger partial charge is 0.219 e. The van der Waals surface area contributed by atoms with Gasteiger partial charge in [-0.1, -0.05) is 17.3 Å². The lowest BCUT2D eigenvalue weighted by Gasteiger charge is -2.19. The van der Waals surface area contributed by atoms with Gasteiger partial charge < -0.3 is 14.2 Å². The van der Waals surface area contributed by atoms with E-state index in [4.69, 9.17) is 9.26 Å². The summed E-state index contributed by atoms with van der Waals surface area (Å²) in [6.45, 7) is 0.731. The van der Waals surface area contributed by atoms with Gasteiger partial charge in [-0.3, -0.25) is 5.01 Å². The molecular formula is C26H18F2N6O2. The van der Waals surface area contributed by atoms with Crippen molar-refractivity contribution in [2.24, 2.45) is 5.10 Å². The van der Waals surface area contributed by atoms with Crippen molar-refractivity contribution >= 4 is 6.21 Å². The summed E-state index contributed by atoms with van der Waals surface area (Å²) in [5, 5.41) is 10.3. The summed E-state index contributed by atoms with van der Waals surface area (Å²) in [5.74, 6) is 0.186. The lowest BCUT2D eigenvalue weighted by Crippen LogP contribution is -2.21. The molecule has 3 aromatic heterocycles. The molecule has 178 valence electrons. The molecule has 4 heterocycles. The van der Waals surface area contributed by atoms with Gasteiger partial charge in [0.2, 0.25) is 5.88 Å². The summed E-state index contributed by atoms with van der Waals surface area (Å²) in [5.41, 5.74) is 2.94. The number of H-pyrrole nitrogens is 1. The standard InChI is InChI=1S/C26H18F2N6O2/c27-20-5-3-4-19(25(20)28)26-31-22-13-30-34(15-23(22)32-26)14-18-12-21(33-36-18)16-7-9-17(10-8-16)35-24-6-1-2-11-29-24/h1-13H,14-15H2,(H,31,32). The Kier molecular flexibility index (Phi) is 5.45. The number of rotatable bonds is 6. The fourth-order valence-corrected chi connectivity index (χ4v) is 3.84. The fourth-order valence-electron chi connectivity index (χ4n) is 3.84. The van der Waals surface area contributed by atoms with Gasteiger partial charge >= 0.3 is 0 Å². The zero-order valence-corrected chi connectivity index (χ0v) is 18.7. The first-order valence-electron chi connectivity index (χ1n) is 11.1. The van der Waals surface area contributed by atoms with Crippen molar-refractivity contribution in [1.82, 2.24) is 25.1 Å². The van der Waals surface area contributed by atoms with Crippen molar-refractivity contribution in [1.29, 1.82) is 0 Å². The second-order valence-corrected chi connectivity index (χ2v) is 8.09. The van der Waals surface area contributed by atoms with Crippen LogP contribution in [0.3, 0.4) is 0 Å². The van der Waals surface area contributed by atoms with Crippen molar-refractivity contribution in [3.8, 4) is 34.3 Å². The van der Waals surface area contributed by atoms with E-state index in [0.29, 0.717) is 47.6 Å². The molecule has 0 fully saturated rings. The van der Waals surface area contributed by atoms with Crippen LogP contribution < -0.4 is 4.74 Å². The van der Waals surface area contributed by atoms with Crippen molar-refractivity contribution in [3.63, 3.8) is 0 Å². The largest absolute Gasteiger partial charge is 0.439 e. The third kappa shape index (κ3) is 4.31. The molecule has 1 aliphatic rings. The molecule has 0 unspecified atom stereocenters. The Hall–Kier alpha value is -4.86. The highest BCUT2D eigenvalue weighted by atomic mass is 19.2. The number of nitrogens with one attached hydrogen (secondary N) is 1. The van der Waals surface area contributed by atoms with Gasteiger partial charge in [-0.15, -0.1) is 0 Å². The number of imidazole rings is 1. The normalized spacial score (nSPS) is 12.6. The Balaban J connectivity index is 1.12. The summed E-state index contributed by atoms with van der Waals surface area (Å²) in [4.78, 5) is 11.6. The molecule has 0 aliphatic carbocycles. The molecule has 1 aliphatic heterocycles. The Bertz CT molecular complexity index is 1550. The van der Waals surface area contributed by atoms with E-state index < -0.39 is 11.6 Å². The lowest BCUT2D eigenvalue weighted by atomic mass is 10.1. The summed E-state index contributed by atoms with van der Waals surface area (Å²) in [6.07, 6.45) is 3.27. The van der Waals surface area contributed by atoms with Gasteiger partial charge in [0.1, 0.15) is 17.3 Å². The molecule has 0 radical (unpaired) electrons. The Morgan fingerprint density at radius 1 is 1.03 bits per heavy atom. The van der Waals surface area contributed by atoms with Gasteiger partial charge in [0.15, 0.2) is 17.4 Å². The van der Waals surface area contributed by atoms with Gasteiger partial charge in [0, 0.05) is 23.9 Å². The number of benzene rings is 2. The van der Waals surface area contributed by atoms with Crippen molar-refractivity contribution in [2.75, 3.05) is 0 Å². The lowest BCUT2D eigenvalue weighted by molar-refractivity contribution is 0.229. The number of nitrogens with zero attached hydrogens (tertiary/aromatic N) is 5. The predicted molar refractivity (Wildman–Crippen MR) is 127 cm³/mol. The second kappa shape index (κ2) is 9.06. The summed E-state index contributed by atoms with van der Waals surface area (Å²) >= 11 is 0. The maximum atomic E-state index is 14.2. The van der Waals surface area contributed by atoms with Crippen LogP contribution in [-0.4, -0.2) is 31.3 Å². The molecule has 0 amide bonds. The molecule has 0 spiro atoms. The molecule has 0 atom stereocenters. The van der Waals surface area contributed by atoms with Crippen LogP contribution >= 0.6 is 0 Å². The monoisotopic (exact) mass is 484 g/mol. The van der Waals surface area contributed by atoms with Crippen molar-refractivity contribution in [2.45, 2.75) is 13.1 Å². The van der Waals surface area contributed by atoms with E-state index in [0.717, 1.165) is 11.6 Å². The number of aromatic nitrogens is 4. The first-order chi connectivity index (χ1) is 17.6. The number of hydrazone groups is 1. The number of aromatic amines is 1. The highest BCUT2D eigenvalue weighted by molar-refractivity contribution is 5.80. The molecule has 1 N–H and O–H groups in total. The minimum atomic E-state index is -0.942. The fraction of sp³-hybridized carbons (Fsp3) is 0.0769. The van der Waals surface area contributed by atoms with E-state index in [1.165, 1.54) is 12.1 Å². The quantitative estimate of drug-likeness (QED) is 0.340. The highest BCUT2D eigenvalue weighted by Gasteiger charge is 2.21. The van der Waals surface area contributed by atoms with Crippen LogP contribution in [0.2, 0.25) is 0 Å². The SMILES string of the molecule is Fc1cccc(-c2nc3c([nH]2)C=NN(Cc2cc(-c4ccc(Oc5ccccn5)cc4)no2)C3)c1F. The van der Waals surface area contributed by atoms with E-state index in [1.54, 1.807) is 23.5 Å². The summed E-state index contributed by atoms with van der Waals surface area (Å²) < 4.78 is 39.0. The van der Waals surface area contributed by atoms with Crippen molar-refractivity contribution in [3.05, 3.63) is 102 Å². The molecule has 10 heteroatoms. The number of halogens is 2. The molecule has 36 heavy (non-hydrogen) atoms. The van der Waals surface area contributed by atoms with Crippen molar-refractivity contribution < 1.29 is 18.0 Å². The summed E-state index contributed by atoms with van der Waals surface area (Å²) in [6, 6.07) is 18.8. The maximum absolute atomic E-state index is 14.2. The van der Waals surface area contributed by atoms with E-state index in [-0.39, 0.29) is 11.4 Å². The molecule has 0 bridgehead atoms. The Morgan fingerprint density at radius 2 is 1.92 bits per heavy atom. The number of fused-ring (bicyclic) bond motifs is 1. The zero-order valence-electron chi connectivity index (χ0n) is 18.7. The molecular weight excluding hydrogens is 466 g/mol. The molecule has 5 aromatic rings. The molecule has 8 nitrogen and oxygen atoms in total. The van der Waals surface area contributed by atoms with Crippen LogP contribution in [0.5, 0.6) is 11.6 Å². The van der Waals surface area contributed by atoms with Crippen LogP contribution in [0.1, 0.15) is 17.1 Å². The minimum absolute atomic E-state index is 0.0701. The highest BCUT2D eigenvalue weighted by Crippen LogP contribution is 2.27. The number of pyridine rings is 1. The summed E-state index contributed by atoms with van der Waals surface area (Å²) in [7, 11) is 0. The zero-order chi connectivity index (χ0) is 24.5. The average Bonchev–Trinajstić information content (AvgIpc) is 3.54. The van der Waals surface area contributed by atoms with Crippen LogP contribution in [-0.2, 0) is 13.1 Å². The van der Waals surface area contributed by atoms with Gasteiger partial charge in [-0.25, -0.2) is 18.7 Å². The van der Waals surface area contributed by atoms with Crippen LogP contribution in [0.4, 0.5) is 8.78 Å². The van der Waals surface area contributed by atoms with Crippen LogP contribution in [0, 0.1) is 11.6 Å².